The van der Waals surface area contributed by atoms with Gasteiger partial charge in [-0.15, -0.1) is 0 Å². The Morgan fingerprint density at radius 3 is 2.48 bits per heavy atom. The van der Waals surface area contributed by atoms with Gasteiger partial charge in [0.15, 0.2) is 0 Å². The third kappa shape index (κ3) is 2.55. The first-order chi connectivity index (χ1) is 10.9. The molecule has 0 unspecified atom stereocenters. The van der Waals surface area contributed by atoms with E-state index in [2.05, 4.69) is 0 Å². The van der Waals surface area contributed by atoms with Crippen molar-refractivity contribution in [2.75, 3.05) is 24.5 Å². The van der Waals surface area contributed by atoms with Crippen molar-refractivity contribution in [1.29, 1.82) is 0 Å². The number of halogens is 1. The molecule has 2 saturated heterocycles. The molecule has 0 N–H and O–H groups in total. The number of sulfonamides is 1. The van der Waals surface area contributed by atoms with Gasteiger partial charge in [-0.05, 0) is 43.5 Å². The summed E-state index contributed by atoms with van der Waals surface area (Å²) in [7, 11) is -3.18. The van der Waals surface area contributed by atoms with Crippen molar-refractivity contribution in [2.45, 2.75) is 30.9 Å². The van der Waals surface area contributed by atoms with E-state index in [1.165, 1.54) is 12.1 Å². The molecular formula is C16H19FN2O3S. The van der Waals surface area contributed by atoms with Crippen LogP contribution in [0.25, 0.3) is 0 Å². The van der Waals surface area contributed by atoms with Crippen LogP contribution < -0.4 is 4.90 Å². The highest BCUT2D eigenvalue weighted by atomic mass is 32.2. The zero-order valence-corrected chi connectivity index (χ0v) is 13.6. The normalized spacial score (nSPS) is 28.9. The molecule has 2 heterocycles. The Labute approximate surface area is 135 Å². The van der Waals surface area contributed by atoms with Crippen LogP contribution in [-0.4, -0.2) is 43.5 Å². The van der Waals surface area contributed by atoms with Gasteiger partial charge in [0.2, 0.25) is 15.9 Å². The first-order valence-electron chi connectivity index (χ1n) is 7.95. The van der Waals surface area contributed by atoms with E-state index in [9.17, 15) is 17.6 Å². The first-order valence-corrected chi connectivity index (χ1v) is 9.45. The molecule has 0 radical (unpaired) electrons. The van der Waals surface area contributed by atoms with E-state index in [1.807, 2.05) is 0 Å². The molecule has 1 aromatic rings. The molecule has 124 valence electrons. The van der Waals surface area contributed by atoms with Crippen molar-refractivity contribution in [3.8, 4) is 0 Å². The van der Waals surface area contributed by atoms with E-state index >= 15 is 0 Å². The monoisotopic (exact) mass is 338 g/mol. The van der Waals surface area contributed by atoms with Crippen LogP contribution in [0.3, 0.4) is 0 Å². The summed E-state index contributed by atoms with van der Waals surface area (Å²) in [5, 5.41) is -0.206. The fourth-order valence-corrected chi connectivity index (χ4v) is 5.67. The number of nitrogens with zero attached hydrogens (tertiary/aromatic N) is 2. The molecule has 1 atom stereocenters. The summed E-state index contributed by atoms with van der Waals surface area (Å²) in [5.74, 6) is -0.347. The average molecular weight is 338 g/mol. The lowest BCUT2D eigenvalue weighted by atomic mass is 9.86. The number of benzene rings is 1. The number of rotatable bonds is 3. The van der Waals surface area contributed by atoms with E-state index in [0.29, 0.717) is 38.2 Å². The smallest absolute Gasteiger partial charge is 0.227 e. The second kappa shape index (κ2) is 5.01. The predicted octanol–water partition coefficient (Wildman–Crippen LogP) is 1.75. The summed E-state index contributed by atoms with van der Waals surface area (Å²) in [6.45, 7) is 1.44. The summed E-state index contributed by atoms with van der Waals surface area (Å²) >= 11 is 0. The number of hydrogen-bond acceptors (Lipinski definition) is 3. The second-order valence-corrected chi connectivity index (χ2v) is 9.17. The van der Waals surface area contributed by atoms with E-state index in [1.54, 1.807) is 21.3 Å². The Morgan fingerprint density at radius 1 is 1.13 bits per heavy atom. The lowest BCUT2D eigenvalue weighted by Gasteiger charge is -2.24. The molecule has 1 spiro atoms. The number of anilines is 1. The standard InChI is InChI=1S/C16H19FN2O3S/c17-12-1-3-13(4-2-12)19-11-16(9-15(19)20)7-8-18(10-16)23(21,22)14-5-6-14/h1-4,14H,5-11H2/t16-/m1/s1. The van der Waals surface area contributed by atoms with E-state index in [0.717, 1.165) is 12.8 Å². The Bertz CT molecular complexity index is 745. The molecule has 3 aliphatic rings. The highest BCUT2D eigenvalue weighted by Crippen LogP contribution is 2.44. The van der Waals surface area contributed by atoms with Crippen LogP contribution in [0.15, 0.2) is 24.3 Å². The van der Waals surface area contributed by atoms with Crippen LogP contribution >= 0.6 is 0 Å². The first kappa shape index (κ1) is 15.1. The van der Waals surface area contributed by atoms with E-state index in [-0.39, 0.29) is 22.4 Å². The van der Waals surface area contributed by atoms with Gasteiger partial charge in [0.25, 0.3) is 0 Å². The number of hydrogen-bond donors (Lipinski definition) is 0. The summed E-state index contributed by atoms with van der Waals surface area (Å²) in [6, 6.07) is 5.87. The number of carbonyl (C=O) groups excluding carboxylic acids is 1. The van der Waals surface area contributed by atoms with Crippen LogP contribution in [-0.2, 0) is 14.8 Å². The zero-order chi connectivity index (χ0) is 16.2. The predicted molar refractivity (Wildman–Crippen MR) is 83.9 cm³/mol. The van der Waals surface area contributed by atoms with Crippen molar-refractivity contribution in [3.05, 3.63) is 30.1 Å². The maximum atomic E-state index is 13.1. The van der Waals surface area contributed by atoms with Gasteiger partial charge in [-0.3, -0.25) is 4.79 Å². The highest BCUT2D eigenvalue weighted by molar-refractivity contribution is 7.90. The molecule has 7 heteroatoms. The maximum absolute atomic E-state index is 13.1. The van der Waals surface area contributed by atoms with Crippen LogP contribution in [0.2, 0.25) is 0 Å². The lowest BCUT2D eigenvalue weighted by Crippen LogP contribution is -2.35. The Hall–Kier alpha value is -1.47. The minimum atomic E-state index is -3.18. The Balaban J connectivity index is 1.53. The quantitative estimate of drug-likeness (QED) is 0.844. The van der Waals surface area contributed by atoms with Gasteiger partial charge in [0, 0.05) is 37.2 Å². The average Bonchev–Trinajstić information content (AvgIpc) is 3.22. The van der Waals surface area contributed by atoms with E-state index < -0.39 is 10.0 Å². The van der Waals surface area contributed by atoms with Crippen molar-refractivity contribution < 1.29 is 17.6 Å². The number of carbonyl (C=O) groups is 1. The molecule has 23 heavy (non-hydrogen) atoms. The van der Waals surface area contributed by atoms with Gasteiger partial charge in [0.05, 0.1) is 5.25 Å². The molecule has 0 aromatic heterocycles. The van der Waals surface area contributed by atoms with Crippen molar-refractivity contribution in [2.24, 2.45) is 5.41 Å². The topological polar surface area (TPSA) is 57.7 Å². The van der Waals surface area contributed by atoms with Gasteiger partial charge in [0.1, 0.15) is 5.82 Å². The van der Waals surface area contributed by atoms with Gasteiger partial charge in [-0.1, -0.05) is 0 Å². The SMILES string of the molecule is O=C1C[C@@]2(CCN(S(=O)(=O)C3CC3)C2)CN1c1ccc(F)cc1. The molecule has 4 rings (SSSR count). The van der Waals surface area contributed by atoms with Gasteiger partial charge < -0.3 is 4.90 Å². The third-order valence-electron chi connectivity index (χ3n) is 5.17. The second-order valence-electron chi connectivity index (χ2n) is 6.96. The third-order valence-corrected chi connectivity index (χ3v) is 7.51. The molecule has 3 fully saturated rings. The summed E-state index contributed by atoms with van der Waals surface area (Å²) in [5.41, 5.74) is 0.379. The summed E-state index contributed by atoms with van der Waals surface area (Å²) < 4.78 is 39.4. The zero-order valence-electron chi connectivity index (χ0n) is 12.7. The molecule has 1 saturated carbocycles. The van der Waals surface area contributed by atoms with Crippen molar-refractivity contribution in [3.63, 3.8) is 0 Å². The Kier molecular flexibility index (Phi) is 3.29. The molecule has 1 aliphatic carbocycles. The minimum absolute atomic E-state index is 0.0118. The van der Waals surface area contributed by atoms with Gasteiger partial charge >= 0.3 is 0 Å². The summed E-state index contributed by atoms with van der Waals surface area (Å²) in [6.07, 6.45) is 2.59. The Morgan fingerprint density at radius 2 is 1.83 bits per heavy atom. The van der Waals surface area contributed by atoms with Gasteiger partial charge in [-0.2, -0.15) is 0 Å². The molecule has 5 nitrogen and oxygen atoms in total. The van der Waals surface area contributed by atoms with E-state index in [4.69, 9.17) is 0 Å². The van der Waals surface area contributed by atoms with Crippen LogP contribution in [0, 0.1) is 11.2 Å². The molecule has 1 amide bonds. The fraction of sp³-hybridized carbons (Fsp3) is 0.562. The van der Waals surface area contributed by atoms with Crippen LogP contribution in [0.1, 0.15) is 25.7 Å². The fourth-order valence-electron chi connectivity index (χ4n) is 3.71. The van der Waals surface area contributed by atoms with Crippen LogP contribution in [0.4, 0.5) is 10.1 Å². The van der Waals surface area contributed by atoms with Crippen LogP contribution in [0.5, 0.6) is 0 Å². The molecule has 0 bridgehead atoms. The van der Waals surface area contributed by atoms with Gasteiger partial charge in [-0.25, -0.2) is 17.1 Å². The largest absolute Gasteiger partial charge is 0.312 e. The lowest BCUT2D eigenvalue weighted by molar-refractivity contribution is -0.117. The molecule has 2 aliphatic heterocycles. The van der Waals surface area contributed by atoms with Crippen molar-refractivity contribution in [1.82, 2.24) is 4.31 Å². The molecular weight excluding hydrogens is 319 g/mol. The maximum Gasteiger partial charge on any atom is 0.227 e. The summed E-state index contributed by atoms with van der Waals surface area (Å²) in [4.78, 5) is 14.0. The number of amides is 1. The highest BCUT2D eigenvalue weighted by Gasteiger charge is 2.52. The van der Waals surface area contributed by atoms with Crippen molar-refractivity contribution >= 4 is 21.6 Å². The minimum Gasteiger partial charge on any atom is -0.312 e. The molecule has 1 aromatic carbocycles.